The van der Waals surface area contributed by atoms with Crippen molar-refractivity contribution in [1.29, 1.82) is 0 Å². The van der Waals surface area contributed by atoms with Gasteiger partial charge in [-0.3, -0.25) is 4.79 Å². The summed E-state index contributed by atoms with van der Waals surface area (Å²) in [5.74, 6) is 0.112. The van der Waals surface area contributed by atoms with E-state index in [4.69, 9.17) is 0 Å². The van der Waals surface area contributed by atoms with E-state index >= 15 is 0 Å². The van der Waals surface area contributed by atoms with Crippen LogP contribution in [0.5, 0.6) is 0 Å². The molecule has 0 aromatic heterocycles. The maximum Gasteiger partial charge on any atom is 0.200 e. The van der Waals surface area contributed by atoms with Crippen molar-refractivity contribution in [2.75, 3.05) is 0 Å². The standard InChI is InChI=1S/C15H18OS/c16-15(17-14-11-7-4-8-12-14)13-9-5-2-1-3-6-10-13/h4-5,7-9,11-13H,1-3,6,10H2/b9-5-. The zero-order chi connectivity index (χ0) is 11.9. The van der Waals surface area contributed by atoms with E-state index in [9.17, 15) is 4.79 Å². The van der Waals surface area contributed by atoms with Crippen molar-refractivity contribution in [1.82, 2.24) is 0 Å². The van der Waals surface area contributed by atoms with Crippen molar-refractivity contribution in [3.63, 3.8) is 0 Å². The molecule has 17 heavy (non-hydrogen) atoms. The van der Waals surface area contributed by atoms with Gasteiger partial charge in [0.1, 0.15) is 0 Å². The summed E-state index contributed by atoms with van der Waals surface area (Å²) in [4.78, 5) is 13.2. The van der Waals surface area contributed by atoms with Crippen LogP contribution in [-0.2, 0) is 4.79 Å². The van der Waals surface area contributed by atoms with Gasteiger partial charge in [-0.15, -0.1) is 0 Å². The fourth-order valence-corrected chi connectivity index (χ4v) is 2.91. The Balaban J connectivity index is 1.96. The van der Waals surface area contributed by atoms with E-state index in [0.29, 0.717) is 0 Å². The molecule has 0 amide bonds. The summed E-state index contributed by atoms with van der Waals surface area (Å²) in [7, 11) is 0. The van der Waals surface area contributed by atoms with E-state index in [1.54, 1.807) is 0 Å². The van der Waals surface area contributed by atoms with Crippen LogP contribution in [0.3, 0.4) is 0 Å². The Morgan fingerprint density at radius 2 is 1.94 bits per heavy atom. The molecule has 1 aliphatic rings. The largest absolute Gasteiger partial charge is 0.286 e. The van der Waals surface area contributed by atoms with Gasteiger partial charge in [-0.05, 0) is 31.4 Å². The van der Waals surface area contributed by atoms with Crippen LogP contribution in [0, 0.1) is 5.92 Å². The maximum atomic E-state index is 12.1. The molecule has 2 rings (SSSR count). The minimum Gasteiger partial charge on any atom is -0.286 e. The molecule has 0 aliphatic heterocycles. The van der Waals surface area contributed by atoms with Crippen LogP contribution >= 0.6 is 11.8 Å². The van der Waals surface area contributed by atoms with Crippen molar-refractivity contribution in [3.8, 4) is 0 Å². The second-order valence-electron chi connectivity index (χ2n) is 4.41. The number of hydrogen-bond donors (Lipinski definition) is 0. The van der Waals surface area contributed by atoms with Crippen molar-refractivity contribution in [3.05, 3.63) is 42.5 Å². The van der Waals surface area contributed by atoms with Crippen molar-refractivity contribution in [2.45, 2.75) is 37.0 Å². The number of allylic oxidation sites excluding steroid dienone is 2. The fourth-order valence-electron chi connectivity index (χ4n) is 2.04. The molecule has 1 aromatic carbocycles. The molecular formula is C15H18OS. The molecule has 2 heteroatoms. The van der Waals surface area contributed by atoms with Gasteiger partial charge in [0, 0.05) is 10.8 Å². The minimum atomic E-state index is 0.112. The number of rotatable bonds is 2. The number of carbonyl (C=O) groups is 1. The average Bonchev–Trinajstić information content (AvgIpc) is 2.29. The number of thioether (sulfide) groups is 1. The zero-order valence-electron chi connectivity index (χ0n) is 9.97. The van der Waals surface area contributed by atoms with E-state index in [1.807, 2.05) is 30.3 Å². The molecule has 0 saturated heterocycles. The summed E-state index contributed by atoms with van der Waals surface area (Å²) in [5, 5.41) is 0.286. The SMILES string of the molecule is O=C(Sc1ccccc1)C1/C=C\CCCCC1. The first-order chi connectivity index (χ1) is 8.36. The highest BCUT2D eigenvalue weighted by Crippen LogP contribution is 2.27. The average molecular weight is 246 g/mol. The van der Waals surface area contributed by atoms with Gasteiger partial charge >= 0.3 is 0 Å². The Morgan fingerprint density at radius 3 is 2.76 bits per heavy atom. The lowest BCUT2D eigenvalue weighted by Gasteiger charge is -2.13. The van der Waals surface area contributed by atoms with E-state index < -0.39 is 0 Å². The summed E-state index contributed by atoms with van der Waals surface area (Å²) in [6.45, 7) is 0. The van der Waals surface area contributed by atoms with Crippen LogP contribution in [0.4, 0.5) is 0 Å². The number of hydrogen-bond acceptors (Lipinski definition) is 2. The van der Waals surface area contributed by atoms with Gasteiger partial charge in [-0.2, -0.15) is 0 Å². The first kappa shape index (κ1) is 12.4. The monoisotopic (exact) mass is 246 g/mol. The van der Waals surface area contributed by atoms with E-state index in [2.05, 4.69) is 12.2 Å². The molecule has 1 atom stereocenters. The van der Waals surface area contributed by atoms with Crippen LogP contribution in [0.2, 0.25) is 0 Å². The molecule has 0 bridgehead atoms. The van der Waals surface area contributed by atoms with Gasteiger partial charge in [0.2, 0.25) is 5.12 Å². The van der Waals surface area contributed by atoms with Crippen LogP contribution in [-0.4, -0.2) is 5.12 Å². The second-order valence-corrected chi connectivity index (χ2v) is 5.48. The summed E-state index contributed by atoms with van der Waals surface area (Å²) >= 11 is 1.38. The normalized spacial score (nSPS) is 22.5. The summed E-state index contributed by atoms with van der Waals surface area (Å²) in [6, 6.07) is 9.92. The van der Waals surface area contributed by atoms with Crippen LogP contribution in [0.15, 0.2) is 47.4 Å². The predicted molar refractivity (Wildman–Crippen MR) is 73.0 cm³/mol. The first-order valence-corrected chi connectivity index (χ1v) is 7.11. The van der Waals surface area contributed by atoms with Crippen molar-refractivity contribution in [2.24, 2.45) is 5.92 Å². The Hall–Kier alpha value is -1.02. The molecule has 0 radical (unpaired) electrons. The van der Waals surface area contributed by atoms with Crippen molar-refractivity contribution < 1.29 is 4.79 Å². The smallest absolute Gasteiger partial charge is 0.200 e. The van der Waals surface area contributed by atoms with Gasteiger partial charge < -0.3 is 0 Å². The molecular weight excluding hydrogens is 228 g/mol. The third-order valence-electron chi connectivity index (χ3n) is 3.02. The molecule has 1 unspecified atom stereocenters. The summed E-state index contributed by atoms with van der Waals surface area (Å²) in [6.07, 6.45) is 10.1. The van der Waals surface area contributed by atoms with Gasteiger partial charge in [-0.25, -0.2) is 0 Å². The highest BCUT2D eigenvalue weighted by atomic mass is 32.2. The zero-order valence-corrected chi connectivity index (χ0v) is 10.8. The molecule has 0 heterocycles. The van der Waals surface area contributed by atoms with Gasteiger partial charge in [-0.1, -0.05) is 55.0 Å². The lowest BCUT2D eigenvalue weighted by molar-refractivity contribution is -0.113. The second kappa shape index (κ2) is 6.65. The first-order valence-electron chi connectivity index (χ1n) is 6.29. The minimum absolute atomic E-state index is 0.112. The van der Waals surface area contributed by atoms with Crippen LogP contribution in [0.25, 0.3) is 0 Å². The molecule has 1 nitrogen and oxygen atoms in total. The van der Waals surface area contributed by atoms with Gasteiger partial charge in [0.25, 0.3) is 0 Å². The number of benzene rings is 1. The van der Waals surface area contributed by atoms with E-state index in [0.717, 1.165) is 17.7 Å². The Labute approximate surface area is 107 Å². The lowest BCUT2D eigenvalue weighted by atomic mass is 9.98. The molecule has 90 valence electrons. The Morgan fingerprint density at radius 1 is 1.12 bits per heavy atom. The summed E-state index contributed by atoms with van der Waals surface area (Å²) in [5.41, 5.74) is 0. The van der Waals surface area contributed by atoms with Gasteiger partial charge in [0.15, 0.2) is 0 Å². The van der Waals surface area contributed by atoms with Crippen LogP contribution in [0.1, 0.15) is 32.1 Å². The van der Waals surface area contributed by atoms with E-state index in [-0.39, 0.29) is 11.0 Å². The van der Waals surface area contributed by atoms with Crippen LogP contribution < -0.4 is 0 Å². The lowest BCUT2D eigenvalue weighted by Crippen LogP contribution is -2.09. The third-order valence-corrected chi connectivity index (χ3v) is 4.03. The van der Waals surface area contributed by atoms with Crippen molar-refractivity contribution >= 4 is 16.9 Å². The molecule has 0 fully saturated rings. The molecule has 0 spiro atoms. The molecule has 0 N–H and O–H groups in total. The molecule has 1 aliphatic carbocycles. The Bertz CT molecular complexity index is 383. The maximum absolute atomic E-state index is 12.1. The predicted octanol–water partition coefficient (Wildman–Crippen LogP) is 4.44. The molecule has 1 aromatic rings. The van der Waals surface area contributed by atoms with Gasteiger partial charge in [0.05, 0.1) is 0 Å². The number of carbonyl (C=O) groups excluding carboxylic acids is 1. The highest BCUT2D eigenvalue weighted by Gasteiger charge is 2.17. The molecule has 0 saturated carbocycles. The summed E-state index contributed by atoms with van der Waals surface area (Å²) < 4.78 is 0. The highest BCUT2D eigenvalue weighted by molar-refractivity contribution is 8.13. The quantitative estimate of drug-likeness (QED) is 0.567. The van der Waals surface area contributed by atoms with E-state index in [1.165, 1.54) is 31.0 Å². The Kier molecular flexibility index (Phi) is 4.87. The third kappa shape index (κ3) is 4.04. The fraction of sp³-hybridized carbons (Fsp3) is 0.400. The topological polar surface area (TPSA) is 17.1 Å².